The van der Waals surface area contributed by atoms with Crippen molar-refractivity contribution in [3.8, 4) is 11.1 Å². The number of halogens is 3. The van der Waals surface area contributed by atoms with Crippen LogP contribution in [0.1, 0.15) is 45.7 Å². The Bertz CT molecular complexity index is 1680. The Balaban J connectivity index is 1.45. The number of fused-ring (bicyclic) bond motifs is 2. The second kappa shape index (κ2) is 10.7. The van der Waals surface area contributed by atoms with Gasteiger partial charge in [-0.15, -0.1) is 0 Å². The molecular formula is C32H27F3N2O4. The first kappa shape index (κ1) is 27.9. The average molecular weight is 561 g/mol. The van der Waals surface area contributed by atoms with E-state index in [0.717, 1.165) is 16.8 Å². The van der Waals surface area contributed by atoms with Crippen molar-refractivity contribution in [3.05, 3.63) is 101 Å². The van der Waals surface area contributed by atoms with Gasteiger partial charge in [0.15, 0.2) is 0 Å². The van der Waals surface area contributed by atoms with Gasteiger partial charge >= 0.3 is 12.1 Å². The van der Waals surface area contributed by atoms with Crippen LogP contribution in [0.15, 0.2) is 78.9 Å². The Morgan fingerprint density at radius 1 is 0.902 bits per heavy atom. The van der Waals surface area contributed by atoms with Gasteiger partial charge in [0, 0.05) is 23.4 Å². The fraction of sp³-hybridized carbons (Fsp3) is 0.219. The minimum atomic E-state index is -4.73. The van der Waals surface area contributed by atoms with Crippen LogP contribution in [-0.2, 0) is 22.3 Å². The second-order valence-corrected chi connectivity index (χ2v) is 10.3. The quantitative estimate of drug-likeness (QED) is 0.260. The third kappa shape index (κ3) is 5.39. The zero-order chi connectivity index (χ0) is 29.5. The maximum atomic E-state index is 14.2. The summed E-state index contributed by atoms with van der Waals surface area (Å²) in [5.41, 5.74) is 0.252. The summed E-state index contributed by atoms with van der Waals surface area (Å²) in [6.45, 7) is 3.73. The number of amides is 2. The van der Waals surface area contributed by atoms with E-state index in [0.29, 0.717) is 11.1 Å². The number of anilines is 1. The van der Waals surface area contributed by atoms with E-state index in [4.69, 9.17) is 4.74 Å². The van der Waals surface area contributed by atoms with E-state index in [2.05, 4.69) is 5.32 Å². The van der Waals surface area contributed by atoms with Crippen LogP contribution in [0.5, 0.6) is 0 Å². The van der Waals surface area contributed by atoms with Crippen LogP contribution in [0.25, 0.3) is 21.9 Å². The number of ether oxygens (including phenoxy) is 1. The Morgan fingerprint density at radius 3 is 2.32 bits per heavy atom. The predicted octanol–water partition coefficient (Wildman–Crippen LogP) is 6.93. The number of esters is 1. The number of nitrogens with zero attached hydrogens (tertiary/aromatic N) is 1. The van der Waals surface area contributed by atoms with Gasteiger partial charge in [0.1, 0.15) is 6.04 Å². The zero-order valence-corrected chi connectivity index (χ0v) is 22.6. The first-order chi connectivity index (χ1) is 19.5. The summed E-state index contributed by atoms with van der Waals surface area (Å²) in [4.78, 5) is 39.9. The van der Waals surface area contributed by atoms with Crippen molar-refractivity contribution < 1.29 is 32.3 Å². The molecule has 1 atom stereocenters. The Hall–Kier alpha value is -4.66. The SMILES string of the molecule is COC(=O)C(C(C)C)N1Cc2ccc(-c3ccc(NC(=O)c4ccc5ccccc5c4)cc3C(F)(F)F)cc2C1=O. The molecule has 0 saturated carbocycles. The van der Waals surface area contributed by atoms with E-state index in [1.807, 2.05) is 24.3 Å². The highest BCUT2D eigenvalue weighted by Crippen LogP contribution is 2.40. The molecule has 5 rings (SSSR count). The molecule has 1 heterocycles. The molecule has 4 aromatic rings. The lowest BCUT2D eigenvalue weighted by molar-refractivity contribution is -0.147. The van der Waals surface area contributed by atoms with Crippen molar-refractivity contribution in [2.45, 2.75) is 32.6 Å². The Morgan fingerprint density at radius 2 is 1.63 bits per heavy atom. The van der Waals surface area contributed by atoms with E-state index < -0.39 is 35.6 Å². The number of methoxy groups -OCH3 is 1. The summed E-state index contributed by atoms with van der Waals surface area (Å²) in [6.07, 6.45) is -4.73. The first-order valence-electron chi connectivity index (χ1n) is 13.0. The Labute approximate surface area is 234 Å². The lowest BCUT2D eigenvalue weighted by Crippen LogP contribution is -2.45. The highest BCUT2D eigenvalue weighted by Gasteiger charge is 2.39. The molecule has 1 N–H and O–H groups in total. The molecule has 1 aliphatic heterocycles. The van der Waals surface area contributed by atoms with E-state index in [-0.39, 0.29) is 34.8 Å². The number of carbonyl (C=O) groups is 3. The van der Waals surface area contributed by atoms with Gasteiger partial charge in [0.2, 0.25) is 0 Å². The number of rotatable bonds is 6. The summed E-state index contributed by atoms with van der Waals surface area (Å²) in [5.74, 6) is -1.76. The molecule has 9 heteroatoms. The third-order valence-corrected chi connectivity index (χ3v) is 7.26. The van der Waals surface area contributed by atoms with E-state index in [1.54, 1.807) is 38.1 Å². The fourth-order valence-corrected chi connectivity index (χ4v) is 5.24. The molecule has 6 nitrogen and oxygen atoms in total. The number of alkyl halides is 3. The molecule has 0 saturated heterocycles. The molecule has 1 aliphatic rings. The van der Waals surface area contributed by atoms with Gasteiger partial charge in [-0.3, -0.25) is 9.59 Å². The van der Waals surface area contributed by atoms with Gasteiger partial charge in [-0.1, -0.05) is 62.4 Å². The van der Waals surface area contributed by atoms with Crippen molar-refractivity contribution in [3.63, 3.8) is 0 Å². The van der Waals surface area contributed by atoms with Gasteiger partial charge in [-0.25, -0.2) is 4.79 Å². The molecule has 0 aromatic heterocycles. The predicted molar refractivity (Wildman–Crippen MR) is 149 cm³/mol. The number of hydrogen-bond donors (Lipinski definition) is 1. The lowest BCUT2D eigenvalue weighted by atomic mass is 9.95. The third-order valence-electron chi connectivity index (χ3n) is 7.26. The molecule has 0 radical (unpaired) electrons. The van der Waals surface area contributed by atoms with Crippen LogP contribution in [-0.4, -0.2) is 35.8 Å². The molecule has 0 bridgehead atoms. The lowest BCUT2D eigenvalue weighted by Gasteiger charge is -2.28. The molecule has 0 spiro atoms. The van der Waals surface area contributed by atoms with Crippen molar-refractivity contribution in [2.24, 2.45) is 5.92 Å². The molecule has 210 valence electrons. The van der Waals surface area contributed by atoms with Crippen molar-refractivity contribution in [1.29, 1.82) is 0 Å². The van der Waals surface area contributed by atoms with Gasteiger partial charge in [0.25, 0.3) is 11.8 Å². The fourth-order valence-electron chi connectivity index (χ4n) is 5.24. The van der Waals surface area contributed by atoms with Gasteiger partial charge in [-0.2, -0.15) is 13.2 Å². The van der Waals surface area contributed by atoms with Crippen molar-refractivity contribution in [1.82, 2.24) is 4.90 Å². The average Bonchev–Trinajstić information content (AvgIpc) is 3.26. The molecule has 0 aliphatic carbocycles. The van der Waals surface area contributed by atoms with E-state index in [9.17, 15) is 27.6 Å². The van der Waals surface area contributed by atoms with Crippen LogP contribution in [0.2, 0.25) is 0 Å². The topological polar surface area (TPSA) is 75.7 Å². The van der Waals surface area contributed by atoms with Crippen molar-refractivity contribution >= 4 is 34.2 Å². The molecule has 2 amide bonds. The normalized spacial score (nSPS) is 13.8. The summed E-state index contributed by atoms with van der Waals surface area (Å²) >= 11 is 0. The summed E-state index contributed by atoms with van der Waals surface area (Å²) in [6, 6.07) is 19.8. The summed E-state index contributed by atoms with van der Waals surface area (Å²) < 4.78 is 47.6. The molecular weight excluding hydrogens is 533 g/mol. The number of benzene rings is 4. The van der Waals surface area contributed by atoms with Crippen LogP contribution < -0.4 is 5.32 Å². The smallest absolute Gasteiger partial charge is 0.417 e. The number of carbonyl (C=O) groups excluding carboxylic acids is 3. The minimum absolute atomic E-state index is 0.0134. The zero-order valence-electron chi connectivity index (χ0n) is 22.6. The minimum Gasteiger partial charge on any atom is -0.467 e. The van der Waals surface area contributed by atoms with E-state index in [1.165, 1.54) is 36.3 Å². The monoisotopic (exact) mass is 560 g/mol. The summed E-state index contributed by atoms with van der Waals surface area (Å²) in [5, 5.41) is 4.34. The van der Waals surface area contributed by atoms with Crippen molar-refractivity contribution in [2.75, 3.05) is 12.4 Å². The van der Waals surface area contributed by atoms with Gasteiger partial charge in [-0.05, 0) is 63.7 Å². The summed E-state index contributed by atoms with van der Waals surface area (Å²) in [7, 11) is 1.25. The maximum absolute atomic E-state index is 14.2. The second-order valence-electron chi connectivity index (χ2n) is 10.3. The highest BCUT2D eigenvalue weighted by molar-refractivity contribution is 6.06. The number of nitrogens with one attached hydrogen (secondary N) is 1. The van der Waals surface area contributed by atoms with Gasteiger partial charge in [0.05, 0.1) is 12.7 Å². The first-order valence-corrected chi connectivity index (χ1v) is 13.0. The molecule has 0 fully saturated rings. The van der Waals surface area contributed by atoms with E-state index >= 15 is 0 Å². The van der Waals surface area contributed by atoms with Crippen LogP contribution >= 0.6 is 0 Å². The van der Waals surface area contributed by atoms with Gasteiger partial charge < -0.3 is 15.0 Å². The standard InChI is InChI=1S/C32H27F3N2O4/c1-18(2)28(31(40)41-3)37-17-23-11-9-21(15-26(23)30(37)39)25-13-12-24(16-27(25)32(33,34)35)36-29(38)22-10-8-19-6-4-5-7-20(19)14-22/h4-16,18,28H,17H2,1-3H3,(H,36,38). The largest absolute Gasteiger partial charge is 0.467 e. The van der Waals surface area contributed by atoms with Crippen LogP contribution in [0, 0.1) is 5.92 Å². The molecule has 4 aromatic carbocycles. The molecule has 41 heavy (non-hydrogen) atoms. The number of hydrogen-bond acceptors (Lipinski definition) is 4. The maximum Gasteiger partial charge on any atom is 0.417 e. The van der Waals surface area contributed by atoms with Crippen LogP contribution in [0.4, 0.5) is 18.9 Å². The highest BCUT2D eigenvalue weighted by atomic mass is 19.4. The van der Waals surface area contributed by atoms with Crippen LogP contribution in [0.3, 0.4) is 0 Å². The Kier molecular flexibility index (Phi) is 7.29. The molecule has 1 unspecified atom stereocenters.